The van der Waals surface area contributed by atoms with Crippen LogP contribution in [0.15, 0.2) is 41.1 Å². The minimum Gasteiger partial charge on any atom is -0.470 e. The predicted octanol–water partition coefficient (Wildman–Crippen LogP) is 3.11. The van der Waals surface area contributed by atoms with Gasteiger partial charge in [-0.05, 0) is 24.3 Å². The number of esters is 1. The average molecular weight is 469 g/mol. The lowest BCUT2D eigenvalue weighted by Gasteiger charge is -2.08. The highest BCUT2D eigenvalue weighted by Gasteiger charge is 2.20. The Bertz CT molecular complexity index is 1030. The second kappa shape index (κ2) is 8.44. The van der Waals surface area contributed by atoms with Gasteiger partial charge >= 0.3 is 5.97 Å². The van der Waals surface area contributed by atoms with Gasteiger partial charge in [-0.3, -0.25) is 9.48 Å². The molecule has 146 valence electrons. The third-order valence-corrected chi connectivity index (χ3v) is 4.36. The molecule has 0 saturated heterocycles. The third-order valence-electron chi connectivity index (χ3n) is 3.58. The van der Waals surface area contributed by atoms with Crippen LogP contribution in [0.5, 0.6) is 5.75 Å². The normalized spacial score (nSPS) is 10.6. The van der Waals surface area contributed by atoms with Crippen molar-refractivity contribution >= 4 is 45.1 Å². The number of benzene rings is 1. The Balaban J connectivity index is 1.67. The van der Waals surface area contributed by atoms with E-state index in [4.69, 9.17) is 16.3 Å². The molecule has 0 unspecified atom stereocenters. The Hall–Kier alpha value is -2.85. The molecule has 11 heteroatoms. The Morgan fingerprint density at radius 1 is 1.29 bits per heavy atom. The molecular formula is C17H15BrClN5O4. The topological polar surface area (TPSA) is 100 Å². The molecule has 0 spiro atoms. The number of rotatable bonds is 6. The molecule has 1 aromatic carbocycles. The Kier molecular flexibility index (Phi) is 6.00. The maximum Gasteiger partial charge on any atom is 0.360 e. The zero-order chi connectivity index (χ0) is 20.3. The molecule has 0 aliphatic rings. The number of halogens is 2. The SMILES string of the molecule is COC(=O)c1nn(C)cc1NC(=O)c1ccn(COc2ccc(Br)cc2Cl)n1. The summed E-state index contributed by atoms with van der Waals surface area (Å²) in [6, 6.07) is 6.76. The van der Waals surface area contributed by atoms with Gasteiger partial charge in [0.05, 0.1) is 17.8 Å². The second-order valence-corrected chi connectivity index (χ2v) is 6.92. The number of amides is 1. The van der Waals surface area contributed by atoms with Crippen molar-refractivity contribution < 1.29 is 19.1 Å². The number of nitrogens with one attached hydrogen (secondary N) is 1. The monoisotopic (exact) mass is 467 g/mol. The van der Waals surface area contributed by atoms with Gasteiger partial charge in [0.2, 0.25) is 0 Å². The summed E-state index contributed by atoms with van der Waals surface area (Å²) < 4.78 is 13.9. The van der Waals surface area contributed by atoms with Crippen molar-refractivity contribution in [1.82, 2.24) is 19.6 Å². The van der Waals surface area contributed by atoms with E-state index in [1.165, 1.54) is 28.7 Å². The molecule has 0 aliphatic heterocycles. The van der Waals surface area contributed by atoms with E-state index in [1.807, 2.05) is 0 Å². The van der Waals surface area contributed by atoms with Gasteiger partial charge in [0, 0.05) is 23.9 Å². The van der Waals surface area contributed by atoms with Crippen LogP contribution in [0.2, 0.25) is 5.02 Å². The molecule has 0 bridgehead atoms. The van der Waals surface area contributed by atoms with E-state index in [0.717, 1.165) is 4.47 Å². The van der Waals surface area contributed by atoms with Crippen LogP contribution in [-0.4, -0.2) is 38.5 Å². The predicted molar refractivity (Wildman–Crippen MR) is 105 cm³/mol. The van der Waals surface area contributed by atoms with Gasteiger partial charge in [0.1, 0.15) is 5.75 Å². The number of hydrogen-bond donors (Lipinski definition) is 1. The fraction of sp³-hybridized carbons (Fsp3) is 0.176. The van der Waals surface area contributed by atoms with Gasteiger partial charge in [-0.15, -0.1) is 0 Å². The maximum atomic E-state index is 12.4. The molecule has 0 radical (unpaired) electrons. The molecular weight excluding hydrogens is 454 g/mol. The Morgan fingerprint density at radius 2 is 2.07 bits per heavy atom. The van der Waals surface area contributed by atoms with E-state index in [9.17, 15) is 9.59 Å². The van der Waals surface area contributed by atoms with E-state index >= 15 is 0 Å². The van der Waals surface area contributed by atoms with Crippen LogP contribution in [0, 0.1) is 0 Å². The van der Waals surface area contributed by atoms with E-state index < -0.39 is 11.9 Å². The van der Waals surface area contributed by atoms with Gasteiger partial charge in [0.25, 0.3) is 5.91 Å². The summed E-state index contributed by atoms with van der Waals surface area (Å²) in [5.41, 5.74) is 0.378. The maximum absolute atomic E-state index is 12.4. The molecule has 3 aromatic rings. The third kappa shape index (κ3) is 4.52. The molecule has 0 atom stereocenters. The minimum atomic E-state index is -0.652. The standard InChI is InChI=1S/C17H15BrClN5O4/c1-23-8-13(15(22-23)17(26)27-2)20-16(25)12-5-6-24(21-12)9-28-14-4-3-10(18)7-11(14)19/h3-8H,9H2,1-2H3,(H,20,25). The Morgan fingerprint density at radius 3 is 2.79 bits per heavy atom. The fourth-order valence-corrected chi connectivity index (χ4v) is 3.02. The average Bonchev–Trinajstić information content (AvgIpc) is 3.27. The minimum absolute atomic E-state index is 0.00555. The van der Waals surface area contributed by atoms with Gasteiger partial charge in [-0.2, -0.15) is 10.2 Å². The molecule has 3 rings (SSSR count). The zero-order valence-corrected chi connectivity index (χ0v) is 17.2. The van der Waals surface area contributed by atoms with Crippen molar-refractivity contribution in [3.8, 4) is 5.75 Å². The first-order valence-electron chi connectivity index (χ1n) is 7.92. The van der Waals surface area contributed by atoms with Crippen LogP contribution in [0.4, 0.5) is 5.69 Å². The quantitative estimate of drug-likeness (QED) is 0.558. The highest BCUT2D eigenvalue weighted by atomic mass is 79.9. The number of ether oxygens (including phenoxy) is 2. The summed E-state index contributed by atoms with van der Waals surface area (Å²) in [5, 5.41) is 11.2. The summed E-state index contributed by atoms with van der Waals surface area (Å²) in [6.45, 7) is 0.0644. The van der Waals surface area contributed by atoms with E-state index in [-0.39, 0.29) is 23.8 Å². The molecule has 0 saturated carbocycles. The van der Waals surface area contributed by atoms with Crippen LogP contribution in [0.3, 0.4) is 0 Å². The lowest BCUT2D eigenvalue weighted by atomic mass is 10.3. The Labute approximate surface area is 173 Å². The number of aryl methyl sites for hydroxylation is 1. The second-order valence-electron chi connectivity index (χ2n) is 5.60. The first-order valence-corrected chi connectivity index (χ1v) is 9.09. The number of methoxy groups -OCH3 is 1. The van der Waals surface area contributed by atoms with Gasteiger partial charge in [0.15, 0.2) is 18.1 Å². The molecule has 1 amide bonds. The number of aromatic nitrogens is 4. The van der Waals surface area contributed by atoms with Gasteiger partial charge in [-0.25, -0.2) is 9.48 Å². The van der Waals surface area contributed by atoms with Crippen molar-refractivity contribution in [3.63, 3.8) is 0 Å². The van der Waals surface area contributed by atoms with Crippen molar-refractivity contribution in [2.75, 3.05) is 12.4 Å². The van der Waals surface area contributed by atoms with Crippen molar-refractivity contribution in [3.05, 3.63) is 57.5 Å². The summed E-state index contributed by atoms with van der Waals surface area (Å²) >= 11 is 9.42. The van der Waals surface area contributed by atoms with Crippen LogP contribution in [-0.2, 0) is 18.5 Å². The van der Waals surface area contributed by atoms with Gasteiger partial charge in [-0.1, -0.05) is 27.5 Å². The zero-order valence-electron chi connectivity index (χ0n) is 14.8. The largest absolute Gasteiger partial charge is 0.470 e. The lowest BCUT2D eigenvalue weighted by molar-refractivity contribution is 0.0594. The van der Waals surface area contributed by atoms with Crippen LogP contribution in [0.25, 0.3) is 0 Å². The van der Waals surface area contributed by atoms with Crippen molar-refractivity contribution in [2.24, 2.45) is 7.05 Å². The fourth-order valence-electron chi connectivity index (χ4n) is 2.30. The summed E-state index contributed by atoms with van der Waals surface area (Å²) in [4.78, 5) is 24.2. The van der Waals surface area contributed by atoms with E-state index in [2.05, 4.69) is 36.2 Å². The molecule has 0 fully saturated rings. The highest BCUT2D eigenvalue weighted by molar-refractivity contribution is 9.10. The molecule has 0 aliphatic carbocycles. The lowest BCUT2D eigenvalue weighted by Crippen LogP contribution is -2.16. The molecule has 9 nitrogen and oxygen atoms in total. The highest BCUT2D eigenvalue weighted by Crippen LogP contribution is 2.27. The first kappa shape index (κ1) is 19.9. The van der Waals surface area contributed by atoms with E-state index in [0.29, 0.717) is 10.8 Å². The number of carbonyl (C=O) groups excluding carboxylic acids is 2. The number of hydrogen-bond acceptors (Lipinski definition) is 6. The number of anilines is 1. The van der Waals surface area contributed by atoms with Crippen molar-refractivity contribution in [2.45, 2.75) is 6.73 Å². The van der Waals surface area contributed by atoms with Crippen LogP contribution in [0.1, 0.15) is 21.0 Å². The van der Waals surface area contributed by atoms with Crippen molar-refractivity contribution in [1.29, 1.82) is 0 Å². The molecule has 2 aromatic heterocycles. The number of nitrogens with zero attached hydrogens (tertiary/aromatic N) is 4. The first-order chi connectivity index (χ1) is 13.4. The summed E-state index contributed by atoms with van der Waals surface area (Å²) in [6.07, 6.45) is 3.09. The van der Waals surface area contributed by atoms with E-state index in [1.54, 1.807) is 31.4 Å². The molecule has 1 N–H and O–H groups in total. The van der Waals surface area contributed by atoms with Crippen LogP contribution < -0.4 is 10.1 Å². The summed E-state index contributed by atoms with van der Waals surface area (Å²) in [7, 11) is 2.86. The molecule has 28 heavy (non-hydrogen) atoms. The summed E-state index contributed by atoms with van der Waals surface area (Å²) in [5.74, 6) is -0.663. The smallest absolute Gasteiger partial charge is 0.360 e. The van der Waals surface area contributed by atoms with Crippen LogP contribution >= 0.6 is 27.5 Å². The van der Waals surface area contributed by atoms with Gasteiger partial charge < -0.3 is 14.8 Å². The number of carbonyl (C=O) groups is 2. The molecule has 2 heterocycles.